The highest BCUT2D eigenvalue weighted by Crippen LogP contribution is 2.27. The number of nitrogens with one attached hydrogen (secondary N) is 3. The van der Waals surface area contributed by atoms with Crippen LogP contribution in [0.5, 0.6) is 0 Å². The van der Waals surface area contributed by atoms with Crippen molar-refractivity contribution in [3.05, 3.63) is 34.4 Å². The lowest BCUT2D eigenvalue weighted by Gasteiger charge is -2.10. The first kappa shape index (κ1) is 12.9. The van der Waals surface area contributed by atoms with E-state index < -0.39 is 4.92 Å². The predicted molar refractivity (Wildman–Crippen MR) is 75.4 cm³/mol. The summed E-state index contributed by atoms with van der Waals surface area (Å²) < 4.78 is 0. The zero-order valence-corrected chi connectivity index (χ0v) is 11.2. The predicted octanol–water partition coefficient (Wildman–Crippen LogP) is 1.00. The number of hydrogen-bond donors (Lipinski definition) is 3. The van der Waals surface area contributed by atoms with E-state index in [0.29, 0.717) is 5.13 Å². The molecule has 104 valence electrons. The minimum atomic E-state index is -0.422. The molecule has 0 atom stereocenters. The van der Waals surface area contributed by atoms with Gasteiger partial charge in [0.1, 0.15) is 11.3 Å². The molecule has 0 bridgehead atoms. The molecule has 2 aromatic rings. The van der Waals surface area contributed by atoms with Gasteiger partial charge in [0, 0.05) is 30.8 Å². The topological polar surface area (TPSA) is 105 Å². The van der Waals surface area contributed by atoms with Crippen LogP contribution in [0.1, 0.15) is 0 Å². The van der Waals surface area contributed by atoms with E-state index in [-0.39, 0.29) is 12.0 Å². The van der Waals surface area contributed by atoms with Crippen molar-refractivity contribution in [1.82, 2.24) is 20.8 Å². The van der Waals surface area contributed by atoms with E-state index in [0.717, 1.165) is 23.7 Å². The summed E-state index contributed by atoms with van der Waals surface area (Å²) in [5, 5.41) is 29.8. The molecule has 0 spiro atoms. The first-order chi connectivity index (χ1) is 9.72. The number of nitro groups is 1. The highest BCUT2D eigenvalue weighted by Gasteiger charge is 2.15. The second-order valence-corrected chi connectivity index (χ2v) is 5.18. The molecule has 20 heavy (non-hydrogen) atoms. The lowest BCUT2D eigenvalue weighted by molar-refractivity contribution is -0.384. The van der Waals surface area contributed by atoms with Gasteiger partial charge in [0.15, 0.2) is 0 Å². The SMILES string of the molecule is O=[N+]([O-])c1ccc(-c2nnc(NC3NCCN3)s2)cc1. The van der Waals surface area contributed by atoms with Crippen LogP contribution in [0.15, 0.2) is 24.3 Å². The number of non-ortho nitro benzene ring substituents is 1. The van der Waals surface area contributed by atoms with Gasteiger partial charge in [-0.15, -0.1) is 10.2 Å². The summed E-state index contributed by atoms with van der Waals surface area (Å²) in [5.74, 6) is 0. The van der Waals surface area contributed by atoms with Crippen LogP contribution in [0.3, 0.4) is 0 Å². The second kappa shape index (κ2) is 5.49. The average molecular weight is 292 g/mol. The lowest BCUT2D eigenvalue weighted by atomic mass is 10.2. The van der Waals surface area contributed by atoms with Crippen LogP contribution in [0.25, 0.3) is 10.6 Å². The maximum absolute atomic E-state index is 10.6. The molecule has 1 aliphatic rings. The van der Waals surface area contributed by atoms with Crippen LogP contribution < -0.4 is 16.0 Å². The van der Waals surface area contributed by atoms with E-state index in [2.05, 4.69) is 26.1 Å². The Morgan fingerprint density at radius 3 is 2.60 bits per heavy atom. The number of hydrogen-bond acceptors (Lipinski definition) is 8. The minimum Gasteiger partial charge on any atom is -0.332 e. The standard InChI is InChI=1S/C11H12N6O2S/c18-17(19)8-3-1-7(2-4-8)9-15-16-11(20-9)14-10-12-5-6-13-10/h1-4,10,12-13H,5-6H2,(H,14,16). The van der Waals surface area contributed by atoms with Crippen molar-refractivity contribution in [1.29, 1.82) is 0 Å². The Hall–Kier alpha value is -2.10. The Labute approximate surface area is 118 Å². The molecule has 1 aromatic carbocycles. The van der Waals surface area contributed by atoms with Crippen molar-refractivity contribution in [2.75, 3.05) is 18.4 Å². The smallest absolute Gasteiger partial charge is 0.269 e. The summed E-state index contributed by atoms with van der Waals surface area (Å²) in [6.07, 6.45) is 0.00709. The number of aromatic nitrogens is 2. The van der Waals surface area contributed by atoms with Crippen LogP contribution in [-0.2, 0) is 0 Å². The maximum Gasteiger partial charge on any atom is 0.269 e. The van der Waals surface area contributed by atoms with Gasteiger partial charge >= 0.3 is 0 Å². The van der Waals surface area contributed by atoms with Gasteiger partial charge in [-0.2, -0.15) is 0 Å². The fraction of sp³-hybridized carbons (Fsp3) is 0.273. The van der Waals surface area contributed by atoms with Crippen molar-refractivity contribution < 1.29 is 4.92 Å². The number of nitro benzene ring substituents is 1. The van der Waals surface area contributed by atoms with Crippen LogP contribution in [0.4, 0.5) is 10.8 Å². The Bertz CT molecular complexity index is 608. The van der Waals surface area contributed by atoms with E-state index in [1.54, 1.807) is 12.1 Å². The molecule has 0 amide bonds. The quantitative estimate of drug-likeness (QED) is 0.570. The Morgan fingerprint density at radius 2 is 1.95 bits per heavy atom. The van der Waals surface area contributed by atoms with Gasteiger partial charge < -0.3 is 5.32 Å². The Kier molecular flexibility index (Phi) is 3.54. The fourth-order valence-corrected chi connectivity index (χ4v) is 2.63. The molecule has 8 nitrogen and oxygen atoms in total. The molecule has 1 fully saturated rings. The van der Waals surface area contributed by atoms with E-state index in [4.69, 9.17) is 0 Å². The Morgan fingerprint density at radius 1 is 1.25 bits per heavy atom. The zero-order valence-electron chi connectivity index (χ0n) is 10.4. The third kappa shape index (κ3) is 2.74. The maximum atomic E-state index is 10.6. The van der Waals surface area contributed by atoms with Crippen LogP contribution in [-0.4, -0.2) is 34.5 Å². The molecule has 1 aromatic heterocycles. The molecule has 1 saturated heterocycles. The van der Waals surface area contributed by atoms with Gasteiger partial charge in [0.25, 0.3) is 5.69 Å². The third-order valence-corrected chi connectivity index (χ3v) is 3.74. The van der Waals surface area contributed by atoms with Gasteiger partial charge in [-0.25, -0.2) is 0 Å². The van der Waals surface area contributed by atoms with E-state index >= 15 is 0 Å². The van der Waals surface area contributed by atoms with Gasteiger partial charge in [-0.1, -0.05) is 11.3 Å². The summed E-state index contributed by atoms with van der Waals surface area (Å²) in [7, 11) is 0. The molecule has 1 aliphatic heterocycles. The highest BCUT2D eigenvalue weighted by atomic mass is 32.1. The summed E-state index contributed by atoms with van der Waals surface area (Å²) in [6.45, 7) is 1.82. The number of nitrogens with zero attached hydrogens (tertiary/aromatic N) is 3. The third-order valence-electron chi connectivity index (χ3n) is 2.84. The zero-order chi connectivity index (χ0) is 13.9. The molecular formula is C11H12N6O2S. The first-order valence-corrected chi connectivity index (χ1v) is 6.86. The fourth-order valence-electron chi connectivity index (χ4n) is 1.85. The molecule has 0 unspecified atom stereocenters. The normalized spacial score (nSPS) is 15.4. The number of rotatable bonds is 4. The average Bonchev–Trinajstić information content (AvgIpc) is 3.11. The summed E-state index contributed by atoms with van der Waals surface area (Å²) in [4.78, 5) is 10.2. The van der Waals surface area contributed by atoms with Gasteiger partial charge in [-0.05, 0) is 12.1 Å². The molecule has 2 heterocycles. The summed E-state index contributed by atoms with van der Waals surface area (Å²) >= 11 is 1.40. The van der Waals surface area contributed by atoms with Gasteiger partial charge in [-0.3, -0.25) is 20.7 Å². The molecular weight excluding hydrogens is 280 g/mol. The van der Waals surface area contributed by atoms with Crippen molar-refractivity contribution in [3.63, 3.8) is 0 Å². The largest absolute Gasteiger partial charge is 0.332 e. The molecule has 0 radical (unpaired) electrons. The van der Waals surface area contributed by atoms with Crippen molar-refractivity contribution in [2.24, 2.45) is 0 Å². The lowest BCUT2D eigenvalue weighted by Crippen LogP contribution is -2.38. The molecule has 3 rings (SSSR count). The van der Waals surface area contributed by atoms with Crippen molar-refractivity contribution >= 4 is 22.2 Å². The van der Waals surface area contributed by atoms with Crippen molar-refractivity contribution in [2.45, 2.75) is 6.29 Å². The molecule has 9 heteroatoms. The van der Waals surface area contributed by atoms with E-state index in [9.17, 15) is 10.1 Å². The van der Waals surface area contributed by atoms with Gasteiger partial charge in [0.05, 0.1) is 4.92 Å². The van der Waals surface area contributed by atoms with E-state index in [1.807, 2.05) is 0 Å². The van der Waals surface area contributed by atoms with Crippen LogP contribution >= 0.6 is 11.3 Å². The summed E-state index contributed by atoms with van der Waals surface area (Å²) in [5.41, 5.74) is 0.879. The molecule has 3 N–H and O–H groups in total. The minimum absolute atomic E-state index is 0.00709. The van der Waals surface area contributed by atoms with Crippen LogP contribution in [0, 0.1) is 10.1 Å². The van der Waals surface area contributed by atoms with E-state index in [1.165, 1.54) is 23.5 Å². The van der Waals surface area contributed by atoms with Crippen molar-refractivity contribution in [3.8, 4) is 10.6 Å². The number of anilines is 1. The van der Waals surface area contributed by atoms with Gasteiger partial charge in [0.2, 0.25) is 5.13 Å². The molecule has 0 saturated carbocycles. The highest BCUT2D eigenvalue weighted by molar-refractivity contribution is 7.18. The Balaban J connectivity index is 1.73. The summed E-state index contributed by atoms with van der Waals surface area (Å²) in [6, 6.07) is 6.27. The van der Waals surface area contributed by atoms with Crippen LogP contribution in [0.2, 0.25) is 0 Å². The second-order valence-electron chi connectivity index (χ2n) is 4.20. The first-order valence-electron chi connectivity index (χ1n) is 6.04. The number of benzene rings is 1. The monoisotopic (exact) mass is 292 g/mol. The molecule has 0 aliphatic carbocycles.